The fourth-order valence-corrected chi connectivity index (χ4v) is 7.28. The first-order chi connectivity index (χ1) is 14.3. The molecule has 0 unspecified atom stereocenters. The molecule has 162 valence electrons. The minimum Gasteiger partial charge on any atom is -0.352 e. The SMILES string of the molecule is Cc1cc(C)n(-c2nnc(SCC(=O)N[C@@H](C)C34CC5CC(CC(C5)C3)C4)n2N)n1. The molecule has 30 heavy (non-hydrogen) atoms. The van der Waals surface area contributed by atoms with Crippen LogP contribution in [0, 0.1) is 37.0 Å². The first-order valence-electron chi connectivity index (χ1n) is 11.0. The number of hydrogen-bond acceptors (Lipinski definition) is 6. The largest absolute Gasteiger partial charge is 0.352 e. The van der Waals surface area contributed by atoms with Crippen molar-refractivity contribution in [1.82, 2.24) is 30.0 Å². The zero-order valence-corrected chi connectivity index (χ0v) is 18.8. The van der Waals surface area contributed by atoms with E-state index in [1.54, 1.807) is 4.68 Å². The number of hydrogen-bond donors (Lipinski definition) is 2. The first-order valence-corrected chi connectivity index (χ1v) is 12.0. The van der Waals surface area contributed by atoms with Gasteiger partial charge in [0.05, 0.1) is 11.4 Å². The highest BCUT2D eigenvalue weighted by molar-refractivity contribution is 7.99. The number of aromatic nitrogens is 5. The van der Waals surface area contributed by atoms with Crippen molar-refractivity contribution in [2.75, 3.05) is 11.6 Å². The van der Waals surface area contributed by atoms with Gasteiger partial charge in [0.15, 0.2) is 0 Å². The number of nitrogens with one attached hydrogen (secondary N) is 1. The molecule has 2 heterocycles. The molecular formula is C21H31N7OS. The average Bonchev–Trinajstić information content (AvgIpc) is 3.19. The summed E-state index contributed by atoms with van der Waals surface area (Å²) in [6.07, 6.45) is 8.11. The highest BCUT2D eigenvalue weighted by Gasteiger charge is 2.53. The molecule has 3 N–H and O–H groups in total. The van der Waals surface area contributed by atoms with Gasteiger partial charge < -0.3 is 11.2 Å². The lowest BCUT2D eigenvalue weighted by Crippen LogP contribution is -2.56. The molecule has 2 aromatic heterocycles. The maximum atomic E-state index is 12.7. The third kappa shape index (κ3) is 3.40. The predicted molar refractivity (Wildman–Crippen MR) is 116 cm³/mol. The Bertz CT molecular complexity index is 929. The summed E-state index contributed by atoms with van der Waals surface area (Å²) in [7, 11) is 0. The lowest BCUT2D eigenvalue weighted by Gasteiger charge is -2.59. The second-order valence-corrected chi connectivity index (χ2v) is 10.8. The molecule has 4 bridgehead atoms. The van der Waals surface area contributed by atoms with Crippen molar-refractivity contribution in [3.8, 4) is 5.95 Å². The van der Waals surface area contributed by atoms with E-state index in [2.05, 4.69) is 27.5 Å². The van der Waals surface area contributed by atoms with Crippen LogP contribution in [0.2, 0.25) is 0 Å². The van der Waals surface area contributed by atoms with Gasteiger partial charge >= 0.3 is 0 Å². The number of amides is 1. The number of rotatable bonds is 6. The van der Waals surface area contributed by atoms with Gasteiger partial charge in [-0.2, -0.15) is 5.10 Å². The maximum absolute atomic E-state index is 12.7. The van der Waals surface area contributed by atoms with E-state index in [0.29, 0.717) is 16.5 Å². The van der Waals surface area contributed by atoms with Crippen molar-refractivity contribution in [2.24, 2.45) is 23.2 Å². The third-order valence-corrected chi connectivity index (χ3v) is 8.50. The van der Waals surface area contributed by atoms with Crippen molar-refractivity contribution >= 4 is 17.7 Å². The molecule has 4 fully saturated rings. The van der Waals surface area contributed by atoms with Gasteiger partial charge in [0.2, 0.25) is 11.1 Å². The molecule has 0 radical (unpaired) electrons. The first kappa shape index (κ1) is 19.9. The van der Waals surface area contributed by atoms with Gasteiger partial charge in [0.25, 0.3) is 5.95 Å². The number of thioether (sulfide) groups is 1. The Kier molecular flexibility index (Phi) is 4.83. The second-order valence-electron chi connectivity index (χ2n) is 9.85. The summed E-state index contributed by atoms with van der Waals surface area (Å²) in [6, 6.07) is 2.18. The average molecular weight is 430 g/mol. The zero-order valence-electron chi connectivity index (χ0n) is 18.0. The monoisotopic (exact) mass is 429 g/mol. The number of carbonyl (C=O) groups is 1. The molecule has 0 aromatic carbocycles. The van der Waals surface area contributed by atoms with Crippen LogP contribution in [-0.2, 0) is 4.79 Å². The van der Waals surface area contributed by atoms with Gasteiger partial charge in [-0.05, 0) is 88.5 Å². The summed E-state index contributed by atoms with van der Waals surface area (Å²) in [4.78, 5) is 12.7. The molecule has 1 amide bonds. The molecular weight excluding hydrogens is 398 g/mol. The summed E-state index contributed by atoms with van der Waals surface area (Å²) in [5, 5.41) is 16.5. The molecule has 4 saturated carbocycles. The van der Waals surface area contributed by atoms with Gasteiger partial charge in [-0.1, -0.05) is 11.8 Å². The van der Waals surface area contributed by atoms with Crippen LogP contribution >= 0.6 is 11.8 Å². The van der Waals surface area contributed by atoms with Crippen molar-refractivity contribution in [3.63, 3.8) is 0 Å². The van der Waals surface area contributed by atoms with E-state index in [9.17, 15) is 4.79 Å². The van der Waals surface area contributed by atoms with E-state index in [-0.39, 0.29) is 17.7 Å². The Balaban J connectivity index is 1.20. The van der Waals surface area contributed by atoms with Gasteiger partial charge in [-0.25, -0.2) is 9.36 Å². The fraction of sp³-hybridized carbons (Fsp3) is 0.714. The van der Waals surface area contributed by atoms with E-state index in [1.807, 2.05) is 19.9 Å². The molecule has 0 aliphatic heterocycles. The summed E-state index contributed by atoms with van der Waals surface area (Å²) >= 11 is 1.31. The standard InChI is InChI=1S/C21H31N7OS/c1-12-4-13(2)28(26-12)19-24-25-20(27(19)22)30-11-18(29)23-14(3)21-8-15-5-16(9-21)7-17(6-15)10-21/h4,14-17H,5-11,22H2,1-3H3,(H,23,29)/t14-,15?,16?,17?,21?/m0/s1. The maximum Gasteiger partial charge on any atom is 0.271 e. The predicted octanol–water partition coefficient (Wildman–Crippen LogP) is 2.61. The minimum atomic E-state index is 0.0407. The Morgan fingerprint density at radius 2 is 1.87 bits per heavy atom. The number of nitrogens with two attached hydrogens (primary N) is 1. The van der Waals surface area contributed by atoms with Gasteiger partial charge in [0.1, 0.15) is 0 Å². The van der Waals surface area contributed by atoms with E-state index in [1.165, 1.54) is 55.0 Å². The Morgan fingerprint density at radius 1 is 1.23 bits per heavy atom. The fourth-order valence-electron chi connectivity index (χ4n) is 6.62. The van der Waals surface area contributed by atoms with Crippen molar-refractivity contribution in [2.45, 2.75) is 70.5 Å². The number of nitrogens with zero attached hydrogens (tertiary/aromatic N) is 5. The Morgan fingerprint density at radius 3 is 2.43 bits per heavy atom. The van der Waals surface area contributed by atoms with Crippen LogP contribution in [0.15, 0.2) is 11.2 Å². The lowest BCUT2D eigenvalue weighted by molar-refractivity contribution is -0.123. The summed E-state index contributed by atoms with van der Waals surface area (Å²) < 4.78 is 3.07. The number of nitrogen functional groups attached to an aromatic ring is 1. The van der Waals surface area contributed by atoms with Crippen LogP contribution in [0.1, 0.15) is 56.8 Å². The van der Waals surface area contributed by atoms with Crippen molar-refractivity contribution in [1.29, 1.82) is 0 Å². The number of aryl methyl sites for hydroxylation is 2. The van der Waals surface area contributed by atoms with E-state index in [4.69, 9.17) is 5.84 Å². The van der Waals surface area contributed by atoms with Gasteiger partial charge in [-0.3, -0.25) is 4.79 Å². The van der Waals surface area contributed by atoms with E-state index >= 15 is 0 Å². The summed E-state index contributed by atoms with van der Waals surface area (Å²) in [5.41, 5.74) is 2.14. The smallest absolute Gasteiger partial charge is 0.271 e. The molecule has 4 aliphatic rings. The van der Waals surface area contributed by atoms with Crippen molar-refractivity contribution in [3.05, 3.63) is 17.5 Å². The molecule has 0 saturated heterocycles. The molecule has 9 heteroatoms. The zero-order chi connectivity index (χ0) is 21.0. The number of carbonyl (C=O) groups excluding carboxylic acids is 1. The van der Waals surface area contributed by atoms with Gasteiger partial charge in [0, 0.05) is 11.7 Å². The third-order valence-electron chi connectivity index (χ3n) is 7.56. The van der Waals surface area contributed by atoms with Crippen LogP contribution in [0.5, 0.6) is 0 Å². The topological polar surface area (TPSA) is 104 Å². The van der Waals surface area contributed by atoms with Crippen LogP contribution in [-0.4, -0.2) is 42.4 Å². The van der Waals surface area contributed by atoms with E-state index < -0.39 is 0 Å². The minimum absolute atomic E-state index is 0.0407. The molecule has 4 aliphatic carbocycles. The van der Waals surface area contributed by atoms with E-state index in [0.717, 1.165) is 29.1 Å². The summed E-state index contributed by atoms with van der Waals surface area (Å²) in [6.45, 7) is 6.08. The second kappa shape index (κ2) is 7.28. The Labute approximate surface area is 181 Å². The Hall–Kier alpha value is -2.03. The molecule has 2 aromatic rings. The normalized spacial score (nSPS) is 30.6. The highest BCUT2D eigenvalue weighted by atomic mass is 32.2. The highest BCUT2D eigenvalue weighted by Crippen LogP contribution is 2.61. The van der Waals surface area contributed by atoms with Gasteiger partial charge in [-0.15, -0.1) is 10.2 Å². The quantitative estimate of drug-likeness (QED) is 0.540. The van der Waals surface area contributed by atoms with Crippen LogP contribution in [0.25, 0.3) is 5.95 Å². The van der Waals surface area contributed by atoms with Crippen LogP contribution < -0.4 is 11.2 Å². The molecule has 8 nitrogen and oxygen atoms in total. The molecule has 6 rings (SSSR count). The van der Waals surface area contributed by atoms with Crippen molar-refractivity contribution < 1.29 is 4.79 Å². The summed E-state index contributed by atoms with van der Waals surface area (Å²) in [5.74, 6) is 9.60. The van der Waals surface area contributed by atoms with Crippen LogP contribution in [0.4, 0.5) is 0 Å². The molecule has 1 atom stereocenters. The molecule has 0 spiro atoms. The lowest BCUT2D eigenvalue weighted by atomic mass is 9.48. The van der Waals surface area contributed by atoms with Crippen LogP contribution in [0.3, 0.4) is 0 Å².